The van der Waals surface area contributed by atoms with E-state index in [0.29, 0.717) is 5.56 Å². The molecule has 0 aliphatic carbocycles. The molecule has 19 heavy (non-hydrogen) atoms. The van der Waals surface area contributed by atoms with Gasteiger partial charge in [0.1, 0.15) is 5.82 Å². The average molecular weight is 284 g/mol. The predicted octanol–water partition coefficient (Wildman–Crippen LogP) is 2.09. The molecule has 2 N–H and O–H groups in total. The van der Waals surface area contributed by atoms with Gasteiger partial charge >= 0.3 is 5.97 Å². The SMILES string of the molecule is COC(=O)c1nn(Cc2ccc(Cl)c(F)c2)cc1N. The molecule has 0 unspecified atom stereocenters. The van der Waals surface area contributed by atoms with Gasteiger partial charge < -0.3 is 10.5 Å². The second kappa shape index (κ2) is 5.27. The van der Waals surface area contributed by atoms with Crippen LogP contribution in [-0.2, 0) is 11.3 Å². The Morgan fingerprint density at radius 1 is 1.58 bits per heavy atom. The first kappa shape index (κ1) is 13.4. The van der Waals surface area contributed by atoms with Crippen molar-refractivity contribution in [3.63, 3.8) is 0 Å². The Labute approximate surface area is 113 Å². The summed E-state index contributed by atoms with van der Waals surface area (Å²) in [5, 5.41) is 4.04. The summed E-state index contributed by atoms with van der Waals surface area (Å²) >= 11 is 5.59. The molecule has 0 aliphatic rings. The van der Waals surface area contributed by atoms with E-state index >= 15 is 0 Å². The Bertz CT molecular complexity index is 627. The zero-order chi connectivity index (χ0) is 14.0. The van der Waals surface area contributed by atoms with E-state index < -0.39 is 11.8 Å². The fourth-order valence-corrected chi connectivity index (χ4v) is 1.72. The van der Waals surface area contributed by atoms with Crippen LogP contribution < -0.4 is 5.73 Å². The van der Waals surface area contributed by atoms with Crippen LogP contribution in [0.15, 0.2) is 24.4 Å². The molecule has 0 atom stereocenters. The number of hydrogen-bond acceptors (Lipinski definition) is 4. The molecule has 7 heteroatoms. The standard InChI is InChI=1S/C12H11ClFN3O2/c1-19-12(18)11-10(15)6-17(16-11)5-7-2-3-8(13)9(14)4-7/h2-4,6H,5,15H2,1H3. The summed E-state index contributed by atoms with van der Waals surface area (Å²) < 4.78 is 19.3. The van der Waals surface area contributed by atoms with Crippen molar-refractivity contribution in [3.8, 4) is 0 Å². The molecule has 0 spiro atoms. The fraction of sp³-hybridized carbons (Fsp3) is 0.167. The molecule has 1 heterocycles. The summed E-state index contributed by atoms with van der Waals surface area (Å²) in [7, 11) is 1.25. The van der Waals surface area contributed by atoms with Crippen LogP contribution in [0.3, 0.4) is 0 Å². The van der Waals surface area contributed by atoms with Gasteiger partial charge in [0.25, 0.3) is 0 Å². The normalized spacial score (nSPS) is 10.5. The first-order valence-corrected chi connectivity index (χ1v) is 5.74. The lowest BCUT2D eigenvalue weighted by Gasteiger charge is -2.02. The molecule has 2 rings (SSSR count). The third-order valence-corrected chi connectivity index (χ3v) is 2.80. The van der Waals surface area contributed by atoms with Crippen molar-refractivity contribution >= 4 is 23.3 Å². The van der Waals surface area contributed by atoms with Crippen molar-refractivity contribution in [2.75, 3.05) is 12.8 Å². The number of halogens is 2. The summed E-state index contributed by atoms with van der Waals surface area (Å²) in [5.74, 6) is -1.12. The van der Waals surface area contributed by atoms with E-state index in [1.165, 1.54) is 30.1 Å². The molecule has 0 radical (unpaired) electrons. The molecule has 0 saturated carbocycles. The number of nitrogens with two attached hydrogens (primary N) is 1. The Morgan fingerprint density at radius 3 is 2.95 bits per heavy atom. The van der Waals surface area contributed by atoms with Crippen molar-refractivity contribution in [2.24, 2.45) is 0 Å². The molecule has 1 aromatic carbocycles. The summed E-state index contributed by atoms with van der Waals surface area (Å²) in [4.78, 5) is 11.3. The van der Waals surface area contributed by atoms with E-state index in [-0.39, 0.29) is 22.9 Å². The largest absolute Gasteiger partial charge is 0.464 e. The van der Waals surface area contributed by atoms with E-state index in [4.69, 9.17) is 17.3 Å². The van der Waals surface area contributed by atoms with Gasteiger partial charge in [0.05, 0.1) is 24.4 Å². The van der Waals surface area contributed by atoms with Crippen molar-refractivity contribution < 1.29 is 13.9 Å². The van der Waals surface area contributed by atoms with Crippen molar-refractivity contribution in [2.45, 2.75) is 6.54 Å². The molecule has 1 aromatic heterocycles. The number of carbonyl (C=O) groups excluding carboxylic acids is 1. The highest BCUT2D eigenvalue weighted by Crippen LogP contribution is 2.17. The molecule has 2 aromatic rings. The number of methoxy groups -OCH3 is 1. The lowest BCUT2D eigenvalue weighted by Crippen LogP contribution is -2.07. The van der Waals surface area contributed by atoms with Gasteiger partial charge in [-0.05, 0) is 17.7 Å². The van der Waals surface area contributed by atoms with Gasteiger partial charge in [0.2, 0.25) is 0 Å². The number of nitrogens with zero attached hydrogens (tertiary/aromatic N) is 2. The van der Waals surface area contributed by atoms with E-state index in [0.717, 1.165) is 0 Å². The molecule has 0 bridgehead atoms. The maximum absolute atomic E-state index is 13.3. The Balaban J connectivity index is 2.24. The second-order valence-corrected chi connectivity index (χ2v) is 4.28. The number of rotatable bonds is 3. The van der Waals surface area contributed by atoms with Crippen LogP contribution in [-0.4, -0.2) is 22.9 Å². The Morgan fingerprint density at radius 2 is 2.32 bits per heavy atom. The van der Waals surface area contributed by atoms with Gasteiger partial charge in [-0.1, -0.05) is 17.7 Å². The topological polar surface area (TPSA) is 70.1 Å². The monoisotopic (exact) mass is 283 g/mol. The van der Waals surface area contributed by atoms with Crippen LogP contribution in [0.25, 0.3) is 0 Å². The number of hydrogen-bond donors (Lipinski definition) is 1. The first-order chi connectivity index (χ1) is 9.01. The number of nitrogen functional groups attached to an aromatic ring is 1. The third kappa shape index (κ3) is 2.85. The summed E-state index contributed by atoms with van der Waals surface area (Å²) in [6.07, 6.45) is 1.48. The average Bonchev–Trinajstić information content (AvgIpc) is 2.74. The molecule has 0 fully saturated rings. The molecular formula is C12H11ClFN3O2. The van der Waals surface area contributed by atoms with Crippen molar-refractivity contribution in [1.29, 1.82) is 0 Å². The van der Waals surface area contributed by atoms with Crippen LogP contribution in [0.4, 0.5) is 10.1 Å². The zero-order valence-corrected chi connectivity index (χ0v) is 10.8. The van der Waals surface area contributed by atoms with Gasteiger partial charge in [-0.15, -0.1) is 0 Å². The molecule has 0 amide bonds. The molecule has 0 saturated heterocycles. The van der Waals surface area contributed by atoms with Crippen LogP contribution in [0.1, 0.15) is 16.1 Å². The van der Waals surface area contributed by atoms with E-state index in [1.807, 2.05) is 0 Å². The van der Waals surface area contributed by atoms with Crippen molar-refractivity contribution in [1.82, 2.24) is 9.78 Å². The molecule has 0 aliphatic heterocycles. The van der Waals surface area contributed by atoms with E-state index in [2.05, 4.69) is 9.84 Å². The number of ether oxygens (including phenoxy) is 1. The van der Waals surface area contributed by atoms with Gasteiger partial charge in [0, 0.05) is 6.20 Å². The summed E-state index contributed by atoms with van der Waals surface area (Å²) in [6, 6.07) is 4.43. The molecular weight excluding hydrogens is 273 g/mol. The highest BCUT2D eigenvalue weighted by atomic mass is 35.5. The zero-order valence-electron chi connectivity index (χ0n) is 10.1. The minimum atomic E-state index is -0.612. The Kier molecular flexibility index (Phi) is 3.71. The predicted molar refractivity (Wildman–Crippen MR) is 68.5 cm³/mol. The van der Waals surface area contributed by atoms with E-state index in [9.17, 15) is 9.18 Å². The fourth-order valence-electron chi connectivity index (χ4n) is 1.60. The van der Waals surface area contributed by atoms with Crippen LogP contribution in [0, 0.1) is 5.82 Å². The number of carbonyl (C=O) groups is 1. The lowest BCUT2D eigenvalue weighted by molar-refractivity contribution is 0.0594. The maximum atomic E-state index is 13.3. The van der Waals surface area contributed by atoms with Gasteiger partial charge in [-0.25, -0.2) is 9.18 Å². The lowest BCUT2D eigenvalue weighted by atomic mass is 10.2. The van der Waals surface area contributed by atoms with Crippen molar-refractivity contribution in [3.05, 3.63) is 46.5 Å². The molecule has 100 valence electrons. The summed E-state index contributed by atoms with van der Waals surface area (Å²) in [5.41, 5.74) is 6.55. The first-order valence-electron chi connectivity index (χ1n) is 5.36. The van der Waals surface area contributed by atoms with E-state index in [1.54, 1.807) is 6.07 Å². The number of aromatic nitrogens is 2. The van der Waals surface area contributed by atoms with Crippen LogP contribution in [0.5, 0.6) is 0 Å². The van der Waals surface area contributed by atoms with Crippen LogP contribution >= 0.6 is 11.6 Å². The number of anilines is 1. The maximum Gasteiger partial charge on any atom is 0.360 e. The second-order valence-electron chi connectivity index (χ2n) is 3.87. The van der Waals surface area contributed by atoms with Crippen LogP contribution in [0.2, 0.25) is 5.02 Å². The van der Waals surface area contributed by atoms with Gasteiger partial charge in [0.15, 0.2) is 5.69 Å². The van der Waals surface area contributed by atoms with Gasteiger partial charge in [-0.3, -0.25) is 4.68 Å². The smallest absolute Gasteiger partial charge is 0.360 e. The third-order valence-electron chi connectivity index (χ3n) is 2.50. The highest BCUT2D eigenvalue weighted by Gasteiger charge is 2.15. The number of esters is 1. The van der Waals surface area contributed by atoms with Gasteiger partial charge in [-0.2, -0.15) is 5.10 Å². The quantitative estimate of drug-likeness (QED) is 0.876. The summed E-state index contributed by atoms with van der Waals surface area (Å²) in [6.45, 7) is 0.273. The Hall–Kier alpha value is -2.08. The highest BCUT2D eigenvalue weighted by molar-refractivity contribution is 6.30. The number of benzene rings is 1. The minimum absolute atomic E-state index is 0.0388. The minimum Gasteiger partial charge on any atom is -0.464 e. The molecule has 5 nitrogen and oxygen atoms in total.